The Morgan fingerprint density at radius 1 is 1.39 bits per heavy atom. The zero-order chi connectivity index (χ0) is 13.1. The highest BCUT2D eigenvalue weighted by atomic mass is 16.3. The molecule has 0 aliphatic carbocycles. The van der Waals surface area contributed by atoms with Crippen LogP contribution in [0.4, 0.5) is 5.69 Å². The van der Waals surface area contributed by atoms with Crippen LogP contribution < -0.4 is 5.32 Å². The van der Waals surface area contributed by atoms with Gasteiger partial charge in [-0.1, -0.05) is 12.1 Å². The molecule has 0 radical (unpaired) electrons. The molecule has 5 heteroatoms. The van der Waals surface area contributed by atoms with Crippen molar-refractivity contribution in [2.24, 2.45) is 0 Å². The normalized spacial score (nSPS) is 10.6. The molecule has 2 aromatic rings. The topological polar surface area (TPSA) is 67.2 Å². The second kappa shape index (κ2) is 4.91. The predicted octanol–water partition coefficient (Wildman–Crippen LogP) is 2.42. The van der Waals surface area contributed by atoms with Crippen LogP contribution >= 0.6 is 0 Å². The van der Waals surface area contributed by atoms with Crippen LogP contribution in [0.3, 0.4) is 0 Å². The van der Waals surface area contributed by atoms with Crippen LogP contribution in [0.25, 0.3) is 0 Å². The SMILES string of the molecule is CC(C)n1cc(NC(=O)c2ccccc2O)cn1. The van der Waals surface area contributed by atoms with Crippen molar-refractivity contribution in [3.8, 4) is 5.75 Å². The van der Waals surface area contributed by atoms with E-state index in [0.717, 1.165) is 0 Å². The van der Waals surface area contributed by atoms with E-state index in [1.54, 1.807) is 35.3 Å². The Bertz CT molecular complexity index is 561. The quantitative estimate of drug-likeness (QED) is 0.872. The minimum absolute atomic E-state index is 0.0359. The van der Waals surface area contributed by atoms with E-state index in [0.29, 0.717) is 5.69 Å². The maximum Gasteiger partial charge on any atom is 0.259 e. The van der Waals surface area contributed by atoms with E-state index in [2.05, 4.69) is 10.4 Å². The number of benzene rings is 1. The summed E-state index contributed by atoms with van der Waals surface area (Å²) >= 11 is 0. The lowest BCUT2D eigenvalue weighted by Gasteiger charge is -2.05. The number of nitrogens with one attached hydrogen (secondary N) is 1. The van der Waals surface area contributed by atoms with E-state index in [1.807, 2.05) is 13.8 Å². The number of phenols is 1. The summed E-state index contributed by atoms with van der Waals surface area (Å²) in [5.74, 6) is -0.386. The van der Waals surface area contributed by atoms with Crippen LogP contribution in [-0.2, 0) is 0 Å². The molecule has 2 N–H and O–H groups in total. The molecule has 0 unspecified atom stereocenters. The molecule has 1 aromatic heterocycles. The van der Waals surface area contributed by atoms with E-state index in [-0.39, 0.29) is 23.3 Å². The molecule has 2 rings (SSSR count). The molecule has 1 heterocycles. The first-order valence-electron chi connectivity index (χ1n) is 5.71. The first-order chi connectivity index (χ1) is 8.58. The second-order valence-corrected chi connectivity index (χ2v) is 4.27. The number of nitrogens with zero attached hydrogens (tertiary/aromatic N) is 2. The van der Waals surface area contributed by atoms with Gasteiger partial charge in [0.2, 0.25) is 0 Å². The molecule has 0 saturated heterocycles. The Balaban J connectivity index is 2.14. The van der Waals surface area contributed by atoms with Gasteiger partial charge in [-0.25, -0.2) is 0 Å². The fraction of sp³-hybridized carbons (Fsp3) is 0.231. The third-order valence-corrected chi connectivity index (χ3v) is 2.54. The van der Waals surface area contributed by atoms with Crippen LogP contribution in [0.1, 0.15) is 30.2 Å². The summed E-state index contributed by atoms with van der Waals surface area (Å²) < 4.78 is 1.75. The molecule has 0 spiro atoms. The number of para-hydroxylation sites is 1. The Labute approximate surface area is 105 Å². The van der Waals surface area contributed by atoms with Crippen molar-refractivity contribution in [2.45, 2.75) is 19.9 Å². The lowest BCUT2D eigenvalue weighted by Crippen LogP contribution is -2.11. The van der Waals surface area contributed by atoms with Crippen molar-refractivity contribution in [1.82, 2.24) is 9.78 Å². The molecule has 0 aliphatic rings. The Kier molecular flexibility index (Phi) is 3.32. The second-order valence-electron chi connectivity index (χ2n) is 4.27. The number of hydrogen-bond acceptors (Lipinski definition) is 3. The average Bonchev–Trinajstić information content (AvgIpc) is 2.78. The minimum Gasteiger partial charge on any atom is -0.507 e. The van der Waals surface area contributed by atoms with Crippen LogP contribution in [-0.4, -0.2) is 20.8 Å². The molecule has 1 amide bonds. The fourth-order valence-electron chi connectivity index (χ4n) is 1.55. The molecule has 0 bridgehead atoms. The smallest absolute Gasteiger partial charge is 0.259 e. The minimum atomic E-state index is -0.351. The van der Waals surface area contributed by atoms with Gasteiger partial charge in [-0.15, -0.1) is 0 Å². The summed E-state index contributed by atoms with van der Waals surface area (Å²) in [4.78, 5) is 11.9. The number of rotatable bonds is 3. The lowest BCUT2D eigenvalue weighted by molar-refractivity contribution is 0.102. The number of carbonyl (C=O) groups is 1. The Morgan fingerprint density at radius 3 is 2.72 bits per heavy atom. The number of phenolic OH excluding ortho intramolecular Hbond substituents is 1. The van der Waals surface area contributed by atoms with Crippen LogP contribution in [0.5, 0.6) is 5.75 Å². The summed E-state index contributed by atoms with van der Waals surface area (Å²) in [7, 11) is 0. The van der Waals surface area contributed by atoms with Gasteiger partial charge in [-0.05, 0) is 26.0 Å². The van der Waals surface area contributed by atoms with Gasteiger partial charge in [0, 0.05) is 12.2 Å². The van der Waals surface area contributed by atoms with E-state index in [4.69, 9.17) is 0 Å². The number of aromatic nitrogens is 2. The molecule has 0 aliphatic heterocycles. The summed E-state index contributed by atoms with van der Waals surface area (Å²) in [6.45, 7) is 4.00. The van der Waals surface area contributed by atoms with E-state index in [9.17, 15) is 9.90 Å². The third kappa shape index (κ3) is 2.51. The van der Waals surface area contributed by atoms with Crippen LogP contribution in [0.2, 0.25) is 0 Å². The van der Waals surface area contributed by atoms with E-state index >= 15 is 0 Å². The molecule has 18 heavy (non-hydrogen) atoms. The summed E-state index contributed by atoms with van der Waals surface area (Å²) in [6, 6.07) is 6.65. The molecular formula is C13H15N3O2. The van der Waals surface area contributed by atoms with Gasteiger partial charge in [0.05, 0.1) is 17.4 Å². The summed E-state index contributed by atoms with van der Waals surface area (Å²) in [6.07, 6.45) is 3.33. The van der Waals surface area contributed by atoms with Gasteiger partial charge in [-0.3, -0.25) is 9.48 Å². The maximum atomic E-state index is 11.9. The molecule has 0 atom stereocenters. The molecule has 0 fully saturated rings. The van der Waals surface area contributed by atoms with Gasteiger partial charge in [-0.2, -0.15) is 5.10 Å². The molecule has 1 aromatic carbocycles. The molecule has 0 saturated carbocycles. The van der Waals surface area contributed by atoms with Gasteiger partial charge >= 0.3 is 0 Å². The standard InChI is InChI=1S/C13H15N3O2/c1-9(2)16-8-10(7-14-16)15-13(18)11-5-3-4-6-12(11)17/h3-9,17H,1-2H3,(H,15,18). The molecular weight excluding hydrogens is 230 g/mol. The number of carbonyl (C=O) groups excluding carboxylic acids is 1. The van der Waals surface area contributed by atoms with Crippen LogP contribution in [0.15, 0.2) is 36.7 Å². The van der Waals surface area contributed by atoms with Crippen molar-refractivity contribution in [3.05, 3.63) is 42.2 Å². The Hall–Kier alpha value is -2.30. The van der Waals surface area contributed by atoms with Crippen molar-refractivity contribution in [2.75, 3.05) is 5.32 Å². The zero-order valence-electron chi connectivity index (χ0n) is 10.3. The van der Waals surface area contributed by atoms with Crippen molar-refractivity contribution in [3.63, 3.8) is 0 Å². The van der Waals surface area contributed by atoms with Gasteiger partial charge < -0.3 is 10.4 Å². The zero-order valence-corrected chi connectivity index (χ0v) is 10.3. The van der Waals surface area contributed by atoms with E-state index in [1.165, 1.54) is 6.07 Å². The summed E-state index contributed by atoms with van der Waals surface area (Å²) in [5, 5.41) is 16.4. The maximum absolute atomic E-state index is 11.9. The Morgan fingerprint density at radius 2 is 2.11 bits per heavy atom. The highest BCUT2D eigenvalue weighted by Gasteiger charge is 2.11. The molecule has 94 valence electrons. The van der Waals surface area contributed by atoms with Crippen molar-refractivity contribution >= 4 is 11.6 Å². The number of hydrogen-bond donors (Lipinski definition) is 2. The van der Waals surface area contributed by atoms with E-state index < -0.39 is 0 Å². The predicted molar refractivity (Wildman–Crippen MR) is 68.7 cm³/mol. The van der Waals surface area contributed by atoms with Crippen molar-refractivity contribution in [1.29, 1.82) is 0 Å². The first-order valence-corrected chi connectivity index (χ1v) is 5.71. The third-order valence-electron chi connectivity index (χ3n) is 2.54. The van der Waals surface area contributed by atoms with Crippen LogP contribution in [0, 0.1) is 0 Å². The number of aromatic hydroxyl groups is 1. The van der Waals surface area contributed by atoms with Crippen molar-refractivity contribution < 1.29 is 9.90 Å². The van der Waals surface area contributed by atoms with Gasteiger partial charge in [0.25, 0.3) is 5.91 Å². The largest absolute Gasteiger partial charge is 0.507 e. The highest BCUT2D eigenvalue weighted by molar-refractivity contribution is 6.05. The number of amides is 1. The number of anilines is 1. The first kappa shape index (κ1) is 12.2. The average molecular weight is 245 g/mol. The van der Waals surface area contributed by atoms with Gasteiger partial charge in [0.1, 0.15) is 5.75 Å². The monoisotopic (exact) mass is 245 g/mol. The molecule has 5 nitrogen and oxygen atoms in total. The lowest BCUT2D eigenvalue weighted by atomic mass is 10.2. The van der Waals surface area contributed by atoms with Gasteiger partial charge in [0.15, 0.2) is 0 Å². The summed E-state index contributed by atoms with van der Waals surface area (Å²) in [5.41, 5.74) is 0.853. The highest BCUT2D eigenvalue weighted by Crippen LogP contribution is 2.18. The fourth-order valence-corrected chi connectivity index (χ4v) is 1.55.